The van der Waals surface area contributed by atoms with Gasteiger partial charge in [-0.05, 0) is 30.2 Å². The summed E-state index contributed by atoms with van der Waals surface area (Å²) >= 11 is 1.52. The van der Waals surface area contributed by atoms with Crippen LogP contribution in [0.4, 0.5) is 0 Å². The Hall–Kier alpha value is -2.24. The number of benzene rings is 2. The van der Waals surface area contributed by atoms with E-state index in [2.05, 4.69) is 16.4 Å². The number of aliphatic hydroxyl groups is 1. The fourth-order valence-corrected chi connectivity index (χ4v) is 3.54. The van der Waals surface area contributed by atoms with Crippen LogP contribution in [0.15, 0.2) is 42.0 Å². The molecule has 0 aliphatic rings. The Balaban J connectivity index is 1.88. The number of carbonyl (C=O) groups is 1. The lowest BCUT2D eigenvalue weighted by atomic mass is 9.97. The Labute approximate surface area is 145 Å². The minimum Gasteiger partial charge on any atom is -0.394 e. The summed E-state index contributed by atoms with van der Waals surface area (Å²) in [4.78, 5) is 17.9. The number of hydrogen-bond acceptors (Lipinski definition) is 4. The van der Waals surface area contributed by atoms with Gasteiger partial charge in [0.15, 0.2) is 0 Å². The number of aliphatic hydroxyl groups excluding tert-OH is 1. The van der Waals surface area contributed by atoms with Crippen LogP contribution in [0.3, 0.4) is 0 Å². The maximum atomic E-state index is 12.8. The zero-order valence-corrected chi connectivity index (χ0v) is 14.6. The number of rotatable bonds is 5. The highest BCUT2D eigenvalue weighted by atomic mass is 32.1. The zero-order chi connectivity index (χ0) is 17.1. The summed E-state index contributed by atoms with van der Waals surface area (Å²) < 4.78 is 0. The number of carbonyl (C=O) groups excluding carboxylic acids is 1. The SMILES string of the molecule is Cc1ccc2c(C(=O)NC(CO)Cc3cncs3)c(C)ccc2c1. The third-order valence-electron chi connectivity index (χ3n) is 4.10. The summed E-state index contributed by atoms with van der Waals surface area (Å²) in [5.41, 5.74) is 4.52. The Morgan fingerprint density at radius 2 is 2.12 bits per heavy atom. The van der Waals surface area contributed by atoms with Crippen molar-refractivity contribution in [3.63, 3.8) is 0 Å². The molecule has 0 fully saturated rings. The van der Waals surface area contributed by atoms with Crippen LogP contribution in [0.2, 0.25) is 0 Å². The lowest BCUT2D eigenvalue weighted by Gasteiger charge is -2.17. The number of nitrogens with zero attached hydrogens (tertiary/aromatic N) is 1. The van der Waals surface area contributed by atoms with E-state index in [4.69, 9.17) is 0 Å². The van der Waals surface area contributed by atoms with Crippen LogP contribution >= 0.6 is 11.3 Å². The summed E-state index contributed by atoms with van der Waals surface area (Å²) in [5.74, 6) is -0.148. The van der Waals surface area contributed by atoms with Crippen molar-refractivity contribution < 1.29 is 9.90 Å². The van der Waals surface area contributed by atoms with Crippen LogP contribution in [0, 0.1) is 13.8 Å². The smallest absolute Gasteiger partial charge is 0.252 e. The molecule has 1 aromatic heterocycles. The van der Waals surface area contributed by atoms with Gasteiger partial charge in [0, 0.05) is 17.5 Å². The average Bonchev–Trinajstić information content (AvgIpc) is 3.07. The molecule has 1 unspecified atom stereocenters. The number of aryl methyl sites for hydroxylation is 2. The first-order valence-corrected chi connectivity index (χ1v) is 8.75. The number of amides is 1. The maximum Gasteiger partial charge on any atom is 0.252 e. The predicted octanol–water partition coefficient (Wildman–Crippen LogP) is 3.25. The van der Waals surface area contributed by atoms with Gasteiger partial charge in [0.25, 0.3) is 5.91 Å². The molecule has 3 aromatic rings. The van der Waals surface area contributed by atoms with E-state index < -0.39 is 0 Å². The van der Waals surface area contributed by atoms with Crippen LogP contribution in [-0.4, -0.2) is 28.6 Å². The van der Waals surface area contributed by atoms with E-state index in [0.717, 1.165) is 26.8 Å². The Morgan fingerprint density at radius 1 is 1.29 bits per heavy atom. The second-order valence-electron chi connectivity index (χ2n) is 6.01. The van der Waals surface area contributed by atoms with Gasteiger partial charge in [-0.3, -0.25) is 9.78 Å². The number of thiazole rings is 1. The predicted molar refractivity (Wildman–Crippen MR) is 97.6 cm³/mol. The molecule has 0 radical (unpaired) electrons. The zero-order valence-electron chi connectivity index (χ0n) is 13.7. The topological polar surface area (TPSA) is 62.2 Å². The summed E-state index contributed by atoms with van der Waals surface area (Å²) in [6.07, 6.45) is 2.35. The molecule has 24 heavy (non-hydrogen) atoms. The van der Waals surface area contributed by atoms with E-state index in [1.54, 1.807) is 11.7 Å². The molecule has 0 saturated heterocycles. The third kappa shape index (κ3) is 3.47. The fraction of sp³-hybridized carbons (Fsp3) is 0.263. The molecule has 4 nitrogen and oxygen atoms in total. The Kier molecular flexibility index (Phi) is 4.92. The number of aromatic nitrogens is 1. The van der Waals surface area contributed by atoms with Gasteiger partial charge in [-0.2, -0.15) is 0 Å². The number of nitrogens with one attached hydrogen (secondary N) is 1. The molecule has 2 N–H and O–H groups in total. The minimum atomic E-state index is -0.321. The van der Waals surface area contributed by atoms with E-state index >= 15 is 0 Å². The first-order chi connectivity index (χ1) is 11.6. The van der Waals surface area contributed by atoms with Crippen molar-refractivity contribution in [2.24, 2.45) is 0 Å². The van der Waals surface area contributed by atoms with E-state index in [1.807, 2.05) is 38.1 Å². The molecule has 124 valence electrons. The molecule has 1 atom stereocenters. The van der Waals surface area contributed by atoms with Crippen LogP contribution in [0.1, 0.15) is 26.4 Å². The summed E-state index contributed by atoms with van der Waals surface area (Å²) in [7, 11) is 0. The van der Waals surface area contributed by atoms with Gasteiger partial charge in [-0.25, -0.2) is 0 Å². The molecular weight excluding hydrogens is 320 g/mol. The normalized spacial score (nSPS) is 12.3. The minimum absolute atomic E-state index is 0.105. The highest BCUT2D eigenvalue weighted by Crippen LogP contribution is 2.23. The monoisotopic (exact) mass is 340 g/mol. The Bertz CT molecular complexity index is 859. The van der Waals surface area contributed by atoms with Gasteiger partial charge in [0.05, 0.1) is 23.7 Å². The maximum absolute atomic E-state index is 12.8. The van der Waals surface area contributed by atoms with Crippen molar-refractivity contribution >= 4 is 28.0 Å². The van der Waals surface area contributed by atoms with Crippen molar-refractivity contribution in [2.75, 3.05) is 6.61 Å². The number of fused-ring (bicyclic) bond motifs is 1. The first-order valence-electron chi connectivity index (χ1n) is 7.87. The van der Waals surface area contributed by atoms with Gasteiger partial charge in [0.1, 0.15) is 0 Å². The third-order valence-corrected chi connectivity index (χ3v) is 4.90. The largest absolute Gasteiger partial charge is 0.394 e. The molecule has 0 aliphatic carbocycles. The van der Waals surface area contributed by atoms with Gasteiger partial charge >= 0.3 is 0 Å². The van der Waals surface area contributed by atoms with Crippen molar-refractivity contribution in [1.82, 2.24) is 10.3 Å². The number of hydrogen-bond donors (Lipinski definition) is 2. The lowest BCUT2D eigenvalue weighted by molar-refractivity contribution is 0.0918. The van der Waals surface area contributed by atoms with Crippen LogP contribution < -0.4 is 5.32 Å². The van der Waals surface area contributed by atoms with E-state index in [0.29, 0.717) is 12.0 Å². The highest BCUT2D eigenvalue weighted by molar-refractivity contribution is 7.09. The van der Waals surface area contributed by atoms with E-state index in [9.17, 15) is 9.90 Å². The van der Waals surface area contributed by atoms with E-state index in [-0.39, 0.29) is 18.6 Å². The van der Waals surface area contributed by atoms with Gasteiger partial charge in [-0.15, -0.1) is 11.3 Å². The molecule has 0 aliphatic heterocycles. The fourth-order valence-electron chi connectivity index (χ4n) is 2.86. The van der Waals surface area contributed by atoms with Crippen molar-refractivity contribution in [3.8, 4) is 0 Å². The van der Waals surface area contributed by atoms with Crippen molar-refractivity contribution in [3.05, 3.63) is 63.6 Å². The van der Waals surface area contributed by atoms with Crippen LogP contribution in [0.25, 0.3) is 10.8 Å². The summed E-state index contributed by atoms with van der Waals surface area (Å²) in [5, 5.41) is 14.6. The molecule has 5 heteroatoms. The molecule has 0 spiro atoms. The molecule has 0 saturated carbocycles. The molecule has 3 rings (SSSR count). The molecular formula is C19H20N2O2S. The Morgan fingerprint density at radius 3 is 2.83 bits per heavy atom. The second kappa shape index (κ2) is 7.11. The highest BCUT2D eigenvalue weighted by Gasteiger charge is 2.18. The quantitative estimate of drug-likeness (QED) is 0.749. The van der Waals surface area contributed by atoms with Crippen molar-refractivity contribution in [1.29, 1.82) is 0 Å². The molecule has 0 bridgehead atoms. The van der Waals surface area contributed by atoms with Crippen LogP contribution in [0.5, 0.6) is 0 Å². The van der Waals surface area contributed by atoms with E-state index in [1.165, 1.54) is 11.3 Å². The van der Waals surface area contributed by atoms with Gasteiger partial charge in [-0.1, -0.05) is 35.9 Å². The molecule has 1 heterocycles. The first kappa shape index (κ1) is 16.6. The van der Waals surface area contributed by atoms with Gasteiger partial charge in [0.2, 0.25) is 0 Å². The lowest BCUT2D eigenvalue weighted by Crippen LogP contribution is -2.39. The second-order valence-corrected chi connectivity index (χ2v) is 6.98. The average molecular weight is 340 g/mol. The molecule has 1 amide bonds. The standard InChI is InChI=1S/C19H20N2O2S/c1-12-3-6-17-14(7-12)5-4-13(2)18(17)19(23)21-15(10-22)8-16-9-20-11-24-16/h3-7,9,11,15,22H,8,10H2,1-2H3,(H,21,23). The van der Waals surface area contributed by atoms with Crippen molar-refractivity contribution in [2.45, 2.75) is 26.3 Å². The summed E-state index contributed by atoms with van der Waals surface area (Å²) in [6.45, 7) is 3.87. The molecule has 2 aromatic carbocycles. The van der Waals surface area contributed by atoms with Gasteiger partial charge < -0.3 is 10.4 Å². The summed E-state index contributed by atoms with van der Waals surface area (Å²) in [6, 6.07) is 9.76. The van der Waals surface area contributed by atoms with Crippen LogP contribution in [-0.2, 0) is 6.42 Å².